The van der Waals surface area contributed by atoms with Crippen LogP contribution in [0.1, 0.15) is 0 Å². The van der Waals surface area contributed by atoms with Crippen molar-refractivity contribution in [2.45, 2.75) is 0 Å². The van der Waals surface area contributed by atoms with Gasteiger partial charge in [-0.1, -0.05) is 334 Å². The minimum Gasteiger partial charge on any atom is -0.452 e. The molecule has 33 rings (SSSR count). The van der Waals surface area contributed by atoms with Gasteiger partial charge in [-0.2, -0.15) is 0 Å². The molecule has 0 aliphatic carbocycles. The number of pyridine rings is 4. The highest BCUT2D eigenvalue weighted by Crippen LogP contribution is 2.51. The summed E-state index contributed by atoms with van der Waals surface area (Å²) in [5.74, 6) is 0. The van der Waals surface area contributed by atoms with Crippen LogP contribution in [0.4, 0.5) is 0 Å². The number of hydrogen-bond acceptors (Lipinski definition) is 8. The second kappa shape index (κ2) is 30.2. The molecule has 0 amide bonds. The number of rotatable bonds is 4. The fourth-order valence-corrected chi connectivity index (χ4v) is 22.9. The number of hydrogen-bond donors (Lipinski definition) is 0. The first-order valence-electron chi connectivity index (χ1n) is 47.4. The Balaban J connectivity index is 0.0000000878. The zero-order valence-corrected chi connectivity index (χ0v) is 74.9. The van der Waals surface area contributed by atoms with Crippen LogP contribution in [0.3, 0.4) is 0 Å². The monoisotopic (exact) mass is 1790 g/mol. The Labute approximate surface area is 795 Å². The molecule has 140 heavy (non-hydrogen) atoms. The lowest BCUT2D eigenvalue weighted by molar-refractivity contribution is 0.666. The van der Waals surface area contributed by atoms with Crippen molar-refractivity contribution in [2.24, 2.45) is 0 Å². The lowest BCUT2D eigenvalue weighted by Gasteiger charge is -2.14. The summed E-state index contributed by atoms with van der Waals surface area (Å²) < 4.78 is 35.8. The quantitative estimate of drug-likeness (QED) is 0.160. The Hall–Kier alpha value is -19.0. The van der Waals surface area contributed by atoms with Crippen LogP contribution in [0.25, 0.3) is 296 Å². The molecule has 650 valence electrons. The summed E-state index contributed by atoms with van der Waals surface area (Å²) in [6.07, 6.45) is 0. The molecule has 0 aliphatic rings. The molecule has 0 saturated heterocycles. The Bertz CT molecular complexity index is 11000. The molecular weight excluding hydrogens is 1710 g/mol. The first kappa shape index (κ1) is 77.4. The number of aromatic nitrogens is 8. The van der Waals surface area contributed by atoms with Gasteiger partial charge in [0.05, 0.1) is 66.2 Å². The predicted molar refractivity (Wildman–Crippen MR) is 581 cm³/mol. The van der Waals surface area contributed by atoms with Crippen LogP contribution < -0.4 is 0 Å². The van der Waals surface area contributed by atoms with Gasteiger partial charge in [0.2, 0.25) is 0 Å². The minimum absolute atomic E-state index is 0.810. The van der Waals surface area contributed by atoms with Crippen molar-refractivity contribution in [1.82, 2.24) is 38.2 Å². The third kappa shape index (κ3) is 11.3. The number of fused-ring (bicyclic) bond motifs is 38. The summed E-state index contributed by atoms with van der Waals surface area (Å²) in [5.41, 5.74) is 27.6. The third-order valence-electron chi connectivity index (χ3n) is 28.8. The maximum absolute atomic E-state index is 6.63. The molecule has 0 aliphatic heterocycles. The third-order valence-corrected chi connectivity index (χ3v) is 28.8. The van der Waals surface area contributed by atoms with Crippen LogP contribution in [0.5, 0.6) is 0 Å². The normalized spacial score (nSPS) is 12.1. The van der Waals surface area contributed by atoms with Crippen LogP contribution in [-0.2, 0) is 0 Å². The highest BCUT2D eigenvalue weighted by Gasteiger charge is 2.30. The van der Waals surface area contributed by atoms with E-state index in [-0.39, 0.29) is 0 Å². The smallest absolute Gasteiger partial charge is 0.178 e. The van der Waals surface area contributed by atoms with Crippen molar-refractivity contribution in [2.75, 3.05) is 0 Å². The lowest BCUT2D eigenvalue weighted by atomic mass is 9.97. The van der Waals surface area contributed by atoms with Crippen molar-refractivity contribution < 1.29 is 17.7 Å². The Kier molecular flexibility index (Phi) is 16.7. The van der Waals surface area contributed by atoms with Gasteiger partial charge in [-0.3, -0.25) is 0 Å². The summed E-state index contributed by atoms with van der Waals surface area (Å²) in [4.78, 5) is 20.2. The molecule has 12 heteroatoms. The van der Waals surface area contributed by atoms with Gasteiger partial charge < -0.3 is 35.9 Å². The van der Waals surface area contributed by atoms with Crippen LogP contribution in [-0.4, -0.2) is 38.2 Å². The van der Waals surface area contributed by atoms with E-state index in [1.54, 1.807) is 0 Å². The van der Waals surface area contributed by atoms with Crippen LogP contribution >= 0.6 is 0 Å². The lowest BCUT2D eigenvalue weighted by Crippen LogP contribution is -1.98. The average molecular weight is 1790 g/mol. The molecule has 0 atom stereocenters. The van der Waals surface area contributed by atoms with Crippen molar-refractivity contribution in [3.05, 3.63) is 449 Å². The molecule has 0 radical (unpaired) electrons. The summed E-state index contributed by atoms with van der Waals surface area (Å²) >= 11 is 0. The van der Waals surface area contributed by atoms with E-state index in [9.17, 15) is 0 Å². The minimum atomic E-state index is 0.810. The van der Waals surface area contributed by atoms with Crippen molar-refractivity contribution >= 4 is 273 Å². The van der Waals surface area contributed by atoms with E-state index in [1.165, 1.54) is 108 Å². The zero-order chi connectivity index (χ0) is 91.5. The van der Waals surface area contributed by atoms with Gasteiger partial charge >= 0.3 is 0 Å². The number of nitrogens with zero attached hydrogens (tertiary/aromatic N) is 8. The van der Waals surface area contributed by atoms with Gasteiger partial charge in [-0.15, -0.1) is 0 Å². The molecule has 0 bridgehead atoms. The fourth-order valence-electron chi connectivity index (χ4n) is 22.9. The summed E-state index contributed by atoms with van der Waals surface area (Å²) in [6, 6.07) is 158. The molecule has 12 heterocycles. The molecule has 0 fully saturated rings. The molecule has 0 unspecified atom stereocenters. The SMILES string of the molecule is c1ccc2c(-n3c4ccccc4c4c5ccccc5c5ccccc5c43)c3oc4ccccc4c3nc2c1.c1ccc2c(c1)ccc1c2c2ccccc2n1-c1c2ccccc2nc2c1oc1ccccc12.c1ccc2c(c1)ccc1c3ccccc3n(-c3c4ccccc4nc4c3oc3ccccc34)c21.c1ccc2cc3c(cc2c1)c1ccccc1n3-c1c2ccccc2nc2c1oc1ccccc12. The first-order chi connectivity index (χ1) is 69.5. The Morgan fingerprint density at radius 2 is 0.429 bits per heavy atom. The molecule has 0 saturated carbocycles. The summed E-state index contributed by atoms with van der Waals surface area (Å²) in [6.45, 7) is 0. The Morgan fingerprint density at radius 3 is 0.893 bits per heavy atom. The van der Waals surface area contributed by atoms with Gasteiger partial charge in [0, 0.05) is 97.0 Å². The van der Waals surface area contributed by atoms with Gasteiger partial charge in [0.15, 0.2) is 22.3 Å². The van der Waals surface area contributed by atoms with Crippen molar-refractivity contribution in [1.29, 1.82) is 0 Å². The summed E-state index contributed by atoms with van der Waals surface area (Å²) in [5, 5.41) is 30.8. The van der Waals surface area contributed by atoms with E-state index in [0.29, 0.717) is 0 Å². The largest absolute Gasteiger partial charge is 0.452 e. The molecule has 0 N–H and O–H groups in total. The molecule has 0 spiro atoms. The van der Waals surface area contributed by atoms with E-state index in [2.05, 4.69) is 382 Å². The van der Waals surface area contributed by atoms with E-state index in [1.807, 2.05) is 84.9 Å². The van der Waals surface area contributed by atoms with Crippen LogP contribution in [0.2, 0.25) is 0 Å². The van der Waals surface area contributed by atoms with Crippen molar-refractivity contribution in [3.8, 4) is 22.7 Å². The number of furan rings is 4. The first-order valence-corrected chi connectivity index (χ1v) is 47.4. The fraction of sp³-hybridized carbons (Fsp3) is 0. The van der Waals surface area contributed by atoms with Gasteiger partial charge in [0.25, 0.3) is 0 Å². The van der Waals surface area contributed by atoms with E-state index < -0.39 is 0 Å². The van der Waals surface area contributed by atoms with Gasteiger partial charge in [-0.05, 0) is 158 Å². The number of benzene rings is 21. The number of para-hydroxylation sites is 12. The van der Waals surface area contributed by atoms with E-state index >= 15 is 0 Å². The van der Waals surface area contributed by atoms with E-state index in [0.717, 1.165) is 188 Å². The molecule has 21 aromatic carbocycles. The average Bonchev–Trinajstić information content (AvgIpc) is 1.54. The second-order valence-electron chi connectivity index (χ2n) is 36.3. The van der Waals surface area contributed by atoms with Crippen LogP contribution in [0, 0.1) is 0 Å². The highest BCUT2D eigenvalue weighted by molar-refractivity contribution is 6.34. The molecule has 33 aromatic rings. The molecule has 12 aromatic heterocycles. The zero-order valence-electron chi connectivity index (χ0n) is 74.9. The second-order valence-corrected chi connectivity index (χ2v) is 36.3. The maximum atomic E-state index is 6.63. The van der Waals surface area contributed by atoms with Crippen molar-refractivity contribution in [3.63, 3.8) is 0 Å². The van der Waals surface area contributed by atoms with Gasteiger partial charge in [-0.25, -0.2) is 19.9 Å². The maximum Gasteiger partial charge on any atom is 0.178 e. The predicted octanol–water partition coefficient (Wildman–Crippen LogP) is 34.7. The molecule has 12 nitrogen and oxygen atoms in total. The molecular formula is C128H74N8O4. The standard InChI is InChI=1S/C35H20N2O.3C31H18N2O/c1-3-13-23-21(11-1)22-12-2-4-14-24(22)33-31(23)26-16-6-9-19-29(26)37(33)34-25-15-5-8-18-28(25)36-32-27-17-7-10-20-30(27)38-35(32)34;1-2-10-20-18-27-24(17-19(20)9-1)21-11-4-7-15-26(21)33(27)30-22-12-3-6-14-25(22)32-29-23-13-5-8-16-28(23)34-31(29)30;1-2-10-20-19(9-1)17-18-22-21-11-4-7-15-26(21)33(29(20)22)30-23-12-3-6-14-25(23)32-28-24-13-5-8-16-27(24)34-31(28)30;1-2-10-20-19(9-1)17-18-26-28(20)22-12-4-7-15-25(22)33(26)30-21-11-3-6-14-24(21)32-29-23-13-5-8-16-27(23)34-31(29)30/h1-20H;3*1-18H. The van der Waals surface area contributed by atoms with E-state index in [4.69, 9.17) is 37.6 Å². The topological polar surface area (TPSA) is 124 Å². The summed E-state index contributed by atoms with van der Waals surface area (Å²) in [7, 11) is 0. The van der Waals surface area contributed by atoms with Crippen LogP contribution in [0.15, 0.2) is 467 Å². The van der Waals surface area contributed by atoms with Gasteiger partial charge in [0.1, 0.15) is 67.1 Å². The highest BCUT2D eigenvalue weighted by atomic mass is 16.3. The Morgan fingerprint density at radius 1 is 0.150 bits per heavy atom.